The van der Waals surface area contributed by atoms with Crippen LogP contribution in [0.1, 0.15) is 36.9 Å². The third-order valence-corrected chi connectivity index (χ3v) is 9.98. The molecule has 2 aliphatic rings. The largest absolute Gasteiger partial charge is 0.481 e. The van der Waals surface area contributed by atoms with Crippen molar-refractivity contribution in [2.45, 2.75) is 50.9 Å². The predicted octanol–water partition coefficient (Wildman–Crippen LogP) is 5.78. The summed E-state index contributed by atoms with van der Waals surface area (Å²) in [6.07, 6.45) is 6.77. The second kappa shape index (κ2) is 14.6. The van der Waals surface area contributed by atoms with Gasteiger partial charge in [-0.05, 0) is 36.6 Å². The number of aromatic nitrogens is 3. The highest BCUT2D eigenvalue weighted by Crippen LogP contribution is 2.42. The van der Waals surface area contributed by atoms with Crippen LogP contribution in [0.5, 0.6) is 5.88 Å². The number of nitrogens with zero attached hydrogens (tertiary/aromatic N) is 3. The monoisotopic (exact) mass is 697 g/mol. The van der Waals surface area contributed by atoms with E-state index in [1.807, 2.05) is 66.9 Å². The summed E-state index contributed by atoms with van der Waals surface area (Å²) in [4.78, 5) is 32.4. The lowest BCUT2D eigenvalue weighted by molar-refractivity contribution is -0.120. The molecule has 2 aliphatic heterocycles. The molecule has 49 heavy (non-hydrogen) atoms. The van der Waals surface area contributed by atoms with Gasteiger partial charge in [-0.2, -0.15) is 0 Å². The Morgan fingerprint density at radius 2 is 1.45 bits per heavy atom. The molecule has 0 unspecified atom stereocenters. The van der Waals surface area contributed by atoms with Crippen molar-refractivity contribution in [2.75, 3.05) is 20.2 Å². The van der Waals surface area contributed by atoms with Gasteiger partial charge in [-0.1, -0.05) is 65.7 Å². The summed E-state index contributed by atoms with van der Waals surface area (Å²) in [7, 11) is 1.61. The van der Waals surface area contributed by atoms with E-state index in [0.29, 0.717) is 60.6 Å². The maximum absolute atomic E-state index is 11.5. The average molecular weight is 699 g/mol. The van der Waals surface area contributed by atoms with Gasteiger partial charge in [-0.15, -0.1) is 0 Å². The fraction of sp³-hybridized carbons (Fsp3) is 0.297. The van der Waals surface area contributed by atoms with Crippen molar-refractivity contribution in [1.29, 1.82) is 0 Å². The highest BCUT2D eigenvalue weighted by molar-refractivity contribution is 6.39. The first-order valence-corrected chi connectivity index (χ1v) is 17.2. The Hall–Kier alpha value is -4.48. The number of hydrogen-bond donors (Lipinski definition) is 4. The van der Waals surface area contributed by atoms with Gasteiger partial charge < -0.3 is 30.4 Å². The van der Waals surface area contributed by atoms with Crippen molar-refractivity contribution < 1.29 is 14.3 Å². The first-order chi connectivity index (χ1) is 23.9. The first-order valence-electron chi connectivity index (χ1n) is 16.5. The van der Waals surface area contributed by atoms with Crippen LogP contribution in [-0.2, 0) is 22.7 Å². The van der Waals surface area contributed by atoms with E-state index in [1.165, 1.54) is 0 Å². The number of pyridine rings is 2. The van der Waals surface area contributed by atoms with E-state index >= 15 is 0 Å². The zero-order valence-electron chi connectivity index (χ0n) is 27.1. The maximum atomic E-state index is 11.5. The molecule has 0 radical (unpaired) electrons. The predicted molar refractivity (Wildman–Crippen MR) is 192 cm³/mol. The Labute approximate surface area is 294 Å². The van der Waals surface area contributed by atoms with Crippen LogP contribution >= 0.6 is 23.2 Å². The van der Waals surface area contributed by atoms with Crippen LogP contribution in [0.15, 0.2) is 73.1 Å². The van der Waals surface area contributed by atoms with Crippen LogP contribution in [0.2, 0.25) is 10.0 Å². The van der Waals surface area contributed by atoms with E-state index in [4.69, 9.17) is 32.9 Å². The minimum absolute atomic E-state index is 0.102. The van der Waals surface area contributed by atoms with Crippen LogP contribution in [0.4, 0.5) is 0 Å². The van der Waals surface area contributed by atoms with Gasteiger partial charge in [-0.25, -0.2) is 9.97 Å². The Kier molecular flexibility index (Phi) is 9.81. The van der Waals surface area contributed by atoms with Crippen molar-refractivity contribution in [1.82, 2.24) is 35.6 Å². The Morgan fingerprint density at radius 3 is 2.10 bits per heavy atom. The van der Waals surface area contributed by atoms with Gasteiger partial charge in [0.1, 0.15) is 5.65 Å². The standard InChI is InChI=1S/C37H37Cl2N7O3/c1-49-37-22(16-40-17-24-10-14-33(47)43-24)8-12-31(45-37)30-7-3-6-29(36(30)39)28-5-2-4-27(35(28)38)23-9-13-32-42-20-26(46(32)21-23)19-41-18-25-11-15-34(48)44-25/h2-9,12-13,20-21,24-25,40-41H,10-11,14-19H2,1H3,(H,43,47)(H,44,48)/t24-,25+/m0/s1. The number of ether oxygens (including phenoxy) is 1. The third kappa shape index (κ3) is 7.14. The van der Waals surface area contributed by atoms with Crippen molar-refractivity contribution in [3.63, 3.8) is 0 Å². The minimum Gasteiger partial charge on any atom is -0.481 e. The Morgan fingerprint density at radius 1 is 0.816 bits per heavy atom. The average Bonchev–Trinajstić information content (AvgIpc) is 3.84. The number of fused-ring (bicyclic) bond motifs is 1. The van der Waals surface area contributed by atoms with Crippen molar-refractivity contribution in [3.8, 4) is 39.4 Å². The van der Waals surface area contributed by atoms with Crippen molar-refractivity contribution in [3.05, 3.63) is 94.4 Å². The van der Waals surface area contributed by atoms with Gasteiger partial charge in [0.05, 0.1) is 34.7 Å². The number of nitrogens with one attached hydrogen (secondary N) is 4. The number of rotatable bonds is 12. The summed E-state index contributed by atoms with van der Waals surface area (Å²) < 4.78 is 7.72. The van der Waals surface area contributed by atoms with Gasteiger partial charge in [0, 0.05) is 85.1 Å². The molecule has 4 N–H and O–H groups in total. The van der Waals surface area contributed by atoms with Gasteiger partial charge in [0.15, 0.2) is 0 Å². The molecule has 12 heteroatoms. The number of carbonyl (C=O) groups is 2. The fourth-order valence-electron chi connectivity index (χ4n) is 6.57. The van der Waals surface area contributed by atoms with Crippen molar-refractivity contribution >= 4 is 40.7 Å². The normalized spacial score (nSPS) is 17.4. The Balaban J connectivity index is 1.11. The second-order valence-electron chi connectivity index (χ2n) is 12.5. The lowest BCUT2D eigenvalue weighted by atomic mass is 9.97. The SMILES string of the molecule is COc1nc(-c2cccc(-c3cccc(-c4ccc5ncc(CNC[C@H]6CCC(=O)N6)n5c4)c3Cl)c2Cl)ccc1CNC[C@@H]1CCC(=O)N1. The van der Waals surface area contributed by atoms with Crippen LogP contribution in [-0.4, -0.2) is 58.5 Å². The molecule has 2 atom stereocenters. The summed E-state index contributed by atoms with van der Waals surface area (Å²) in [5, 5.41) is 14.0. The molecular weight excluding hydrogens is 661 g/mol. The van der Waals surface area contributed by atoms with E-state index in [9.17, 15) is 9.59 Å². The van der Waals surface area contributed by atoms with E-state index < -0.39 is 0 Å². The number of amides is 2. The van der Waals surface area contributed by atoms with E-state index in [-0.39, 0.29) is 23.9 Å². The first kappa shape index (κ1) is 33.0. The summed E-state index contributed by atoms with van der Waals surface area (Å²) >= 11 is 14.3. The van der Waals surface area contributed by atoms with Crippen LogP contribution in [0.25, 0.3) is 39.2 Å². The van der Waals surface area contributed by atoms with E-state index in [1.54, 1.807) is 7.11 Å². The number of carbonyl (C=O) groups excluding carboxylic acids is 2. The zero-order chi connectivity index (χ0) is 33.9. The molecule has 2 saturated heterocycles. The smallest absolute Gasteiger partial charge is 0.220 e. The van der Waals surface area contributed by atoms with Gasteiger partial charge in [0.2, 0.25) is 17.7 Å². The topological polar surface area (TPSA) is 122 Å². The lowest BCUT2D eigenvalue weighted by Crippen LogP contribution is -2.35. The zero-order valence-corrected chi connectivity index (χ0v) is 28.6. The lowest BCUT2D eigenvalue weighted by Gasteiger charge is -2.16. The number of imidazole rings is 1. The van der Waals surface area contributed by atoms with Crippen LogP contribution in [0, 0.1) is 0 Å². The van der Waals surface area contributed by atoms with Crippen LogP contribution < -0.4 is 26.0 Å². The molecule has 2 amide bonds. The van der Waals surface area contributed by atoms with E-state index in [0.717, 1.165) is 57.6 Å². The maximum Gasteiger partial charge on any atom is 0.220 e. The van der Waals surface area contributed by atoms with Gasteiger partial charge >= 0.3 is 0 Å². The Bertz CT molecular complexity index is 2030. The summed E-state index contributed by atoms with van der Waals surface area (Å²) in [6, 6.07) is 20.0. The summed E-state index contributed by atoms with van der Waals surface area (Å²) in [6.45, 7) is 2.56. The number of halogens is 2. The van der Waals surface area contributed by atoms with E-state index in [2.05, 4.69) is 36.8 Å². The summed E-state index contributed by atoms with van der Waals surface area (Å²) in [5.74, 6) is 0.726. The number of benzene rings is 2. The van der Waals surface area contributed by atoms with Gasteiger partial charge in [0.25, 0.3) is 0 Å². The summed E-state index contributed by atoms with van der Waals surface area (Å²) in [5.41, 5.74) is 7.63. The molecule has 5 heterocycles. The second-order valence-corrected chi connectivity index (χ2v) is 13.2. The molecule has 0 aliphatic carbocycles. The van der Waals surface area contributed by atoms with Crippen molar-refractivity contribution in [2.24, 2.45) is 0 Å². The third-order valence-electron chi connectivity index (χ3n) is 9.16. The van der Waals surface area contributed by atoms with Crippen LogP contribution in [0.3, 0.4) is 0 Å². The number of hydrogen-bond acceptors (Lipinski definition) is 7. The highest BCUT2D eigenvalue weighted by atomic mass is 35.5. The molecule has 10 nitrogen and oxygen atoms in total. The quantitative estimate of drug-likeness (QED) is 0.130. The minimum atomic E-state index is 0.102. The molecule has 2 aromatic carbocycles. The molecule has 7 rings (SSSR count). The number of methoxy groups -OCH3 is 1. The molecule has 0 bridgehead atoms. The van der Waals surface area contributed by atoms with Gasteiger partial charge in [-0.3, -0.25) is 9.59 Å². The molecule has 0 saturated carbocycles. The fourth-order valence-corrected chi connectivity index (χ4v) is 7.23. The molecule has 252 valence electrons. The highest BCUT2D eigenvalue weighted by Gasteiger charge is 2.22. The molecule has 5 aromatic rings. The molecule has 2 fully saturated rings. The molecular formula is C37H37Cl2N7O3. The molecule has 0 spiro atoms. The molecule has 3 aromatic heterocycles.